The zero-order valence-electron chi connectivity index (χ0n) is 11.9. The van der Waals surface area contributed by atoms with Gasteiger partial charge in [0.2, 0.25) is 5.91 Å². The van der Waals surface area contributed by atoms with Gasteiger partial charge in [-0.05, 0) is 24.3 Å². The predicted molar refractivity (Wildman–Crippen MR) is 78.0 cm³/mol. The summed E-state index contributed by atoms with van der Waals surface area (Å²) in [5.74, 6) is -0.0357. The number of amides is 2. The monoisotopic (exact) mass is 296 g/mol. The zero-order chi connectivity index (χ0) is 14.5. The fraction of sp³-hybridized carbons (Fsp3) is 0.571. The SMILES string of the molecule is COCCN1CCCN(C(=O)c2cscc2C)CC1=O. The number of hydrogen-bond acceptors (Lipinski definition) is 4. The minimum absolute atomic E-state index is 0.000725. The van der Waals surface area contributed by atoms with Crippen molar-refractivity contribution < 1.29 is 14.3 Å². The molecule has 0 spiro atoms. The first kappa shape index (κ1) is 15.0. The number of ether oxygens (including phenoxy) is 1. The highest BCUT2D eigenvalue weighted by Gasteiger charge is 2.26. The Kier molecular flexibility index (Phi) is 5.14. The fourth-order valence-corrected chi connectivity index (χ4v) is 3.10. The van der Waals surface area contributed by atoms with E-state index in [0.717, 1.165) is 12.0 Å². The summed E-state index contributed by atoms with van der Waals surface area (Å²) in [5, 5.41) is 3.81. The normalized spacial score (nSPS) is 16.4. The van der Waals surface area contributed by atoms with Gasteiger partial charge in [-0.2, -0.15) is 11.3 Å². The van der Waals surface area contributed by atoms with Crippen LogP contribution < -0.4 is 0 Å². The molecule has 0 radical (unpaired) electrons. The Labute approximate surface area is 123 Å². The smallest absolute Gasteiger partial charge is 0.255 e. The standard InChI is InChI=1S/C14H20N2O3S/c1-11-9-20-10-12(11)14(18)16-5-3-4-15(6-7-19-2)13(17)8-16/h9-10H,3-8H2,1-2H3. The summed E-state index contributed by atoms with van der Waals surface area (Å²) in [6, 6.07) is 0. The van der Waals surface area contributed by atoms with Gasteiger partial charge >= 0.3 is 0 Å². The lowest BCUT2D eigenvalue weighted by atomic mass is 10.2. The maximum atomic E-state index is 12.4. The number of thiophene rings is 1. The van der Waals surface area contributed by atoms with Crippen LogP contribution in [0.25, 0.3) is 0 Å². The second kappa shape index (κ2) is 6.85. The molecule has 1 saturated heterocycles. The molecule has 1 aromatic heterocycles. The van der Waals surface area contributed by atoms with Gasteiger partial charge in [-0.3, -0.25) is 9.59 Å². The van der Waals surface area contributed by atoms with Crippen molar-refractivity contribution in [2.45, 2.75) is 13.3 Å². The number of aryl methyl sites for hydroxylation is 1. The molecule has 1 aliphatic rings. The number of rotatable bonds is 4. The molecule has 20 heavy (non-hydrogen) atoms. The first-order valence-corrected chi connectivity index (χ1v) is 7.66. The van der Waals surface area contributed by atoms with Crippen molar-refractivity contribution in [2.75, 3.05) is 39.9 Å². The third kappa shape index (κ3) is 3.37. The highest BCUT2D eigenvalue weighted by atomic mass is 32.1. The van der Waals surface area contributed by atoms with Crippen molar-refractivity contribution in [1.82, 2.24) is 9.80 Å². The number of nitrogens with zero attached hydrogens (tertiary/aromatic N) is 2. The molecule has 1 aliphatic heterocycles. The van der Waals surface area contributed by atoms with E-state index < -0.39 is 0 Å². The average Bonchev–Trinajstić information content (AvgIpc) is 2.77. The Hall–Kier alpha value is -1.40. The summed E-state index contributed by atoms with van der Waals surface area (Å²) >= 11 is 1.52. The van der Waals surface area contributed by atoms with Crippen LogP contribution in [0.1, 0.15) is 22.3 Å². The summed E-state index contributed by atoms with van der Waals surface area (Å²) in [7, 11) is 1.62. The van der Waals surface area contributed by atoms with E-state index in [0.29, 0.717) is 31.8 Å². The van der Waals surface area contributed by atoms with E-state index in [1.807, 2.05) is 17.7 Å². The number of carbonyl (C=O) groups excluding carboxylic acids is 2. The largest absolute Gasteiger partial charge is 0.383 e. The van der Waals surface area contributed by atoms with E-state index in [1.165, 1.54) is 11.3 Å². The minimum atomic E-state index is -0.0364. The lowest BCUT2D eigenvalue weighted by molar-refractivity contribution is -0.131. The number of methoxy groups -OCH3 is 1. The Morgan fingerprint density at radius 3 is 2.85 bits per heavy atom. The maximum absolute atomic E-state index is 12.4. The van der Waals surface area contributed by atoms with Crippen LogP contribution in [0.2, 0.25) is 0 Å². The van der Waals surface area contributed by atoms with E-state index >= 15 is 0 Å². The predicted octanol–water partition coefficient (Wildman–Crippen LogP) is 1.38. The molecule has 110 valence electrons. The maximum Gasteiger partial charge on any atom is 0.255 e. The van der Waals surface area contributed by atoms with Crippen molar-refractivity contribution >= 4 is 23.2 Å². The van der Waals surface area contributed by atoms with Crippen molar-refractivity contribution in [3.05, 3.63) is 21.9 Å². The average molecular weight is 296 g/mol. The lowest BCUT2D eigenvalue weighted by Crippen LogP contribution is -2.40. The number of hydrogen-bond donors (Lipinski definition) is 0. The molecule has 5 nitrogen and oxygen atoms in total. The molecule has 6 heteroatoms. The molecule has 0 bridgehead atoms. The molecule has 2 heterocycles. The van der Waals surface area contributed by atoms with Gasteiger partial charge in [-0.25, -0.2) is 0 Å². The Bertz CT molecular complexity index is 487. The van der Waals surface area contributed by atoms with Crippen LogP contribution in [0.4, 0.5) is 0 Å². The van der Waals surface area contributed by atoms with Gasteiger partial charge in [0.25, 0.3) is 5.91 Å². The first-order valence-electron chi connectivity index (χ1n) is 6.72. The molecule has 0 aromatic carbocycles. The summed E-state index contributed by atoms with van der Waals surface area (Å²) in [5.41, 5.74) is 1.70. The second-order valence-corrected chi connectivity index (χ2v) is 5.67. The van der Waals surface area contributed by atoms with Gasteiger partial charge in [0, 0.05) is 32.1 Å². The van der Waals surface area contributed by atoms with Crippen molar-refractivity contribution in [3.8, 4) is 0 Å². The molecule has 0 aliphatic carbocycles. The van der Waals surface area contributed by atoms with Crippen LogP contribution in [-0.4, -0.2) is 61.5 Å². The van der Waals surface area contributed by atoms with Crippen LogP contribution in [0, 0.1) is 6.92 Å². The lowest BCUT2D eigenvalue weighted by Gasteiger charge is -2.21. The summed E-state index contributed by atoms with van der Waals surface area (Å²) in [6.45, 7) is 4.53. The third-order valence-electron chi connectivity index (χ3n) is 3.47. The molecule has 2 amide bonds. The van der Waals surface area contributed by atoms with Gasteiger partial charge in [-0.1, -0.05) is 0 Å². The first-order chi connectivity index (χ1) is 9.63. The molecule has 0 saturated carbocycles. The van der Waals surface area contributed by atoms with E-state index in [2.05, 4.69) is 0 Å². The van der Waals surface area contributed by atoms with Crippen LogP contribution in [-0.2, 0) is 9.53 Å². The molecular formula is C14H20N2O3S. The van der Waals surface area contributed by atoms with Crippen LogP contribution in [0.3, 0.4) is 0 Å². The van der Waals surface area contributed by atoms with Crippen molar-refractivity contribution in [3.63, 3.8) is 0 Å². The Morgan fingerprint density at radius 1 is 1.40 bits per heavy atom. The quantitative estimate of drug-likeness (QED) is 0.843. The molecule has 1 fully saturated rings. The molecule has 0 atom stereocenters. The van der Waals surface area contributed by atoms with Gasteiger partial charge in [0.1, 0.15) is 6.54 Å². The van der Waals surface area contributed by atoms with Crippen molar-refractivity contribution in [2.24, 2.45) is 0 Å². The molecule has 0 unspecified atom stereocenters. The van der Waals surface area contributed by atoms with Crippen LogP contribution in [0.15, 0.2) is 10.8 Å². The third-order valence-corrected chi connectivity index (χ3v) is 4.33. The van der Waals surface area contributed by atoms with Gasteiger partial charge in [0.05, 0.1) is 12.2 Å². The van der Waals surface area contributed by atoms with Crippen LogP contribution in [0.5, 0.6) is 0 Å². The highest BCUT2D eigenvalue weighted by molar-refractivity contribution is 7.08. The molecule has 2 rings (SSSR count). The summed E-state index contributed by atoms with van der Waals surface area (Å²) < 4.78 is 5.01. The second-order valence-electron chi connectivity index (χ2n) is 4.92. The summed E-state index contributed by atoms with van der Waals surface area (Å²) in [6.07, 6.45) is 0.810. The van der Waals surface area contributed by atoms with Crippen molar-refractivity contribution in [1.29, 1.82) is 0 Å². The van der Waals surface area contributed by atoms with E-state index in [1.54, 1.807) is 16.9 Å². The van der Waals surface area contributed by atoms with Gasteiger partial charge in [-0.15, -0.1) is 0 Å². The Balaban J connectivity index is 2.03. The topological polar surface area (TPSA) is 49.9 Å². The molecule has 0 N–H and O–H groups in total. The van der Waals surface area contributed by atoms with Gasteiger partial charge < -0.3 is 14.5 Å². The van der Waals surface area contributed by atoms with E-state index in [9.17, 15) is 9.59 Å². The highest BCUT2D eigenvalue weighted by Crippen LogP contribution is 2.17. The summed E-state index contributed by atoms with van der Waals surface area (Å²) in [4.78, 5) is 28.0. The number of carbonyl (C=O) groups is 2. The Morgan fingerprint density at radius 2 is 2.20 bits per heavy atom. The van der Waals surface area contributed by atoms with E-state index in [-0.39, 0.29) is 18.4 Å². The van der Waals surface area contributed by atoms with E-state index in [4.69, 9.17) is 4.74 Å². The fourth-order valence-electron chi connectivity index (χ4n) is 2.28. The van der Waals surface area contributed by atoms with Crippen LogP contribution >= 0.6 is 11.3 Å². The molecule has 1 aromatic rings. The van der Waals surface area contributed by atoms with Gasteiger partial charge in [0.15, 0.2) is 0 Å². The zero-order valence-corrected chi connectivity index (χ0v) is 12.7. The molecular weight excluding hydrogens is 276 g/mol. The minimum Gasteiger partial charge on any atom is -0.383 e.